The van der Waals surface area contributed by atoms with Crippen molar-refractivity contribution in [1.29, 1.82) is 0 Å². The summed E-state index contributed by atoms with van der Waals surface area (Å²) in [4.78, 5) is 27.7. The zero-order chi connectivity index (χ0) is 15.3. The molecule has 3 fully saturated rings. The van der Waals surface area contributed by atoms with Gasteiger partial charge in [-0.15, -0.1) is 0 Å². The number of amides is 2. The highest BCUT2D eigenvalue weighted by Gasteiger charge is 2.58. The largest absolute Gasteiger partial charge is 0.342 e. The molecule has 0 spiro atoms. The van der Waals surface area contributed by atoms with Gasteiger partial charge in [0.05, 0.1) is 0 Å². The Morgan fingerprint density at radius 2 is 1.82 bits per heavy atom. The van der Waals surface area contributed by atoms with E-state index in [-0.39, 0.29) is 17.9 Å². The molecule has 2 saturated carbocycles. The molecular formula is C18H22N2O2. The topological polar surface area (TPSA) is 49.4 Å². The first kappa shape index (κ1) is 13.8. The maximum Gasteiger partial charge on any atom is 0.246 e. The van der Waals surface area contributed by atoms with Crippen molar-refractivity contribution >= 4 is 11.8 Å². The molecule has 3 aliphatic rings. The molecule has 4 rings (SSSR count). The molecule has 0 bridgehead atoms. The second-order valence-electron chi connectivity index (χ2n) is 7.12. The molecule has 1 aromatic rings. The van der Waals surface area contributed by atoms with Gasteiger partial charge in [-0.2, -0.15) is 0 Å². The Morgan fingerprint density at radius 3 is 2.41 bits per heavy atom. The molecule has 1 heterocycles. The molecule has 2 unspecified atom stereocenters. The van der Waals surface area contributed by atoms with Crippen LogP contribution in [0.25, 0.3) is 0 Å². The second-order valence-corrected chi connectivity index (χ2v) is 7.12. The fourth-order valence-corrected chi connectivity index (χ4v) is 3.68. The highest BCUT2D eigenvalue weighted by molar-refractivity contribution is 6.00. The Balaban J connectivity index is 1.67. The summed E-state index contributed by atoms with van der Waals surface area (Å²) in [6, 6.07) is 9.69. The molecule has 1 saturated heterocycles. The molecule has 1 aromatic carbocycles. The smallest absolute Gasteiger partial charge is 0.246 e. The predicted octanol–water partition coefficient (Wildman–Crippen LogP) is 2.09. The average Bonchev–Trinajstić information content (AvgIpc) is 3.40. The maximum atomic E-state index is 13.0. The Hall–Kier alpha value is -1.84. The van der Waals surface area contributed by atoms with Crippen LogP contribution in [0.4, 0.5) is 0 Å². The van der Waals surface area contributed by atoms with E-state index in [1.165, 1.54) is 0 Å². The van der Waals surface area contributed by atoms with E-state index in [9.17, 15) is 9.59 Å². The van der Waals surface area contributed by atoms with Gasteiger partial charge in [-0.25, -0.2) is 0 Å². The van der Waals surface area contributed by atoms with E-state index >= 15 is 0 Å². The van der Waals surface area contributed by atoms with E-state index in [1.54, 1.807) is 0 Å². The van der Waals surface area contributed by atoms with Crippen molar-refractivity contribution < 1.29 is 9.59 Å². The van der Waals surface area contributed by atoms with Crippen molar-refractivity contribution in [3.63, 3.8) is 0 Å². The number of benzene rings is 1. The minimum atomic E-state index is -0.682. The van der Waals surface area contributed by atoms with Crippen molar-refractivity contribution in [3.8, 4) is 0 Å². The van der Waals surface area contributed by atoms with Gasteiger partial charge in [0.15, 0.2) is 0 Å². The Labute approximate surface area is 130 Å². The normalized spacial score (nSPS) is 32.0. The lowest BCUT2D eigenvalue weighted by atomic mass is 9.86. The van der Waals surface area contributed by atoms with Crippen LogP contribution in [-0.2, 0) is 16.1 Å². The van der Waals surface area contributed by atoms with E-state index < -0.39 is 5.54 Å². The summed E-state index contributed by atoms with van der Waals surface area (Å²) in [6.07, 6.45) is 4.18. The third kappa shape index (κ3) is 2.13. The van der Waals surface area contributed by atoms with Crippen molar-refractivity contribution in [1.82, 2.24) is 10.2 Å². The fraction of sp³-hybridized carbons (Fsp3) is 0.556. The van der Waals surface area contributed by atoms with Gasteiger partial charge in [0, 0.05) is 6.54 Å². The van der Waals surface area contributed by atoms with Crippen LogP contribution in [0.3, 0.4) is 0 Å². The van der Waals surface area contributed by atoms with Crippen molar-refractivity contribution in [2.75, 3.05) is 0 Å². The molecule has 4 nitrogen and oxygen atoms in total. The summed E-state index contributed by atoms with van der Waals surface area (Å²) in [5.41, 5.74) is 0.408. The van der Waals surface area contributed by atoms with Crippen molar-refractivity contribution in [3.05, 3.63) is 35.9 Å². The van der Waals surface area contributed by atoms with Gasteiger partial charge in [-0.05, 0) is 50.0 Å². The molecule has 0 radical (unpaired) electrons. The lowest BCUT2D eigenvalue weighted by Gasteiger charge is -2.47. The molecule has 4 heteroatoms. The number of nitrogens with zero attached hydrogens (tertiary/aromatic N) is 1. The van der Waals surface area contributed by atoms with Gasteiger partial charge in [-0.1, -0.05) is 30.3 Å². The van der Waals surface area contributed by atoms with Crippen LogP contribution in [0.15, 0.2) is 30.3 Å². The zero-order valence-corrected chi connectivity index (χ0v) is 12.9. The van der Waals surface area contributed by atoms with Gasteiger partial charge >= 0.3 is 0 Å². The summed E-state index contributed by atoms with van der Waals surface area (Å²) < 4.78 is 0. The molecule has 2 amide bonds. The number of piperazine rings is 1. The van der Waals surface area contributed by atoms with E-state index in [4.69, 9.17) is 0 Å². The lowest BCUT2D eigenvalue weighted by molar-refractivity contribution is -0.159. The molecule has 116 valence electrons. The van der Waals surface area contributed by atoms with E-state index in [1.807, 2.05) is 42.2 Å². The standard InChI is InChI=1S/C18H22N2O2/c1-18(14-9-10-14)17(22)19-15(13-7-8-13)16(21)20(18)11-12-5-3-2-4-6-12/h2-6,13-15H,7-11H2,1H3,(H,19,22). The Kier molecular flexibility index (Phi) is 3.03. The molecule has 1 N–H and O–H groups in total. The highest BCUT2D eigenvalue weighted by Crippen LogP contribution is 2.47. The van der Waals surface area contributed by atoms with E-state index in [0.29, 0.717) is 18.4 Å². The van der Waals surface area contributed by atoms with Crippen LogP contribution in [0.5, 0.6) is 0 Å². The van der Waals surface area contributed by atoms with Crippen LogP contribution in [-0.4, -0.2) is 28.3 Å². The molecule has 0 aromatic heterocycles. The molecule has 22 heavy (non-hydrogen) atoms. The first-order chi connectivity index (χ1) is 10.6. The predicted molar refractivity (Wildman–Crippen MR) is 82.8 cm³/mol. The lowest BCUT2D eigenvalue weighted by Crippen LogP contribution is -2.70. The number of hydrogen-bond donors (Lipinski definition) is 1. The monoisotopic (exact) mass is 298 g/mol. The molecular weight excluding hydrogens is 276 g/mol. The SMILES string of the molecule is CC1(C2CC2)C(=O)NC(C2CC2)C(=O)N1Cc1ccccc1. The van der Waals surface area contributed by atoms with Gasteiger partial charge in [-0.3, -0.25) is 9.59 Å². The number of hydrogen-bond acceptors (Lipinski definition) is 2. The highest BCUT2D eigenvalue weighted by atomic mass is 16.2. The molecule has 2 aliphatic carbocycles. The molecule has 2 atom stereocenters. The van der Waals surface area contributed by atoms with Crippen LogP contribution in [0.2, 0.25) is 0 Å². The first-order valence-electron chi connectivity index (χ1n) is 8.27. The number of carbonyl (C=O) groups is 2. The van der Waals surface area contributed by atoms with E-state index in [0.717, 1.165) is 31.2 Å². The quantitative estimate of drug-likeness (QED) is 0.925. The minimum Gasteiger partial charge on any atom is -0.342 e. The number of carbonyl (C=O) groups excluding carboxylic acids is 2. The molecule has 1 aliphatic heterocycles. The number of nitrogens with one attached hydrogen (secondary N) is 1. The summed E-state index contributed by atoms with van der Waals surface area (Å²) in [5.74, 6) is 0.807. The summed E-state index contributed by atoms with van der Waals surface area (Å²) in [6.45, 7) is 2.48. The summed E-state index contributed by atoms with van der Waals surface area (Å²) in [7, 11) is 0. The van der Waals surface area contributed by atoms with Crippen LogP contribution in [0, 0.1) is 11.8 Å². The van der Waals surface area contributed by atoms with E-state index in [2.05, 4.69) is 5.32 Å². The maximum absolute atomic E-state index is 13.0. The van der Waals surface area contributed by atoms with Gasteiger partial charge < -0.3 is 10.2 Å². The Morgan fingerprint density at radius 1 is 1.14 bits per heavy atom. The third-order valence-electron chi connectivity index (χ3n) is 5.49. The van der Waals surface area contributed by atoms with Crippen molar-refractivity contribution in [2.24, 2.45) is 11.8 Å². The third-order valence-corrected chi connectivity index (χ3v) is 5.49. The zero-order valence-electron chi connectivity index (χ0n) is 12.9. The minimum absolute atomic E-state index is 0.0439. The van der Waals surface area contributed by atoms with Gasteiger partial charge in [0.1, 0.15) is 11.6 Å². The number of rotatable bonds is 4. The summed E-state index contributed by atoms with van der Waals surface area (Å²) >= 11 is 0. The van der Waals surface area contributed by atoms with Crippen molar-refractivity contribution in [2.45, 2.75) is 50.7 Å². The second kappa shape index (κ2) is 4.83. The van der Waals surface area contributed by atoms with Crippen LogP contribution in [0.1, 0.15) is 38.2 Å². The van der Waals surface area contributed by atoms with Crippen LogP contribution >= 0.6 is 0 Å². The Bertz CT molecular complexity index is 607. The average molecular weight is 298 g/mol. The van der Waals surface area contributed by atoms with Gasteiger partial charge in [0.25, 0.3) is 0 Å². The fourth-order valence-electron chi connectivity index (χ4n) is 3.68. The summed E-state index contributed by atoms with van der Waals surface area (Å²) in [5, 5.41) is 3.03. The van der Waals surface area contributed by atoms with Crippen LogP contribution < -0.4 is 5.32 Å². The first-order valence-corrected chi connectivity index (χ1v) is 8.27. The van der Waals surface area contributed by atoms with Gasteiger partial charge in [0.2, 0.25) is 11.8 Å².